The first-order valence-electron chi connectivity index (χ1n) is 4.84. The Hall–Kier alpha value is -1.67. The first-order chi connectivity index (χ1) is 7.61. The van der Waals surface area contributed by atoms with Crippen molar-refractivity contribution in [1.82, 2.24) is 0 Å². The molecule has 0 bridgehead atoms. The number of ketones is 1. The van der Waals surface area contributed by atoms with Gasteiger partial charge in [0.1, 0.15) is 0 Å². The van der Waals surface area contributed by atoms with Crippen molar-refractivity contribution < 1.29 is 9.59 Å². The van der Waals surface area contributed by atoms with Crippen LogP contribution < -0.4 is 0 Å². The molecule has 0 heterocycles. The van der Waals surface area contributed by atoms with Crippen LogP contribution in [0.5, 0.6) is 0 Å². The number of fused-ring (bicyclic) bond motifs is 1. The van der Waals surface area contributed by atoms with Gasteiger partial charge in [0.15, 0.2) is 5.78 Å². The number of halogens is 1. The molecule has 0 N–H and O–H groups in total. The van der Waals surface area contributed by atoms with E-state index >= 15 is 0 Å². The third-order valence-electron chi connectivity index (χ3n) is 2.52. The third kappa shape index (κ3) is 1.72. The van der Waals surface area contributed by atoms with Crippen molar-refractivity contribution in [1.29, 1.82) is 0 Å². The Kier molecular flexibility index (Phi) is 2.75. The van der Waals surface area contributed by atoms with E-state index < -0.39 is 5.24 Å². The van der Waals surface area contributed by atoms with Crippen molar-refractivity contribution in [3.8, 4) is 0 Å². The smallest absolute Gasteiger partial charge is 0.253 e. The second-order valence-corrected chi connectivity index (χ2v) is 3.88. The molecule has 2 aromatic carbocycles. The summed E-state index contributed by atoms with van der Waals surface area (Å²) in [5.41, 5.74) is 1.04. The SMILES string of the molecule is CC(=O)c1ccc(C(=O)Cl)c2ccccc12. The Morgan fingerprint density at radius 2 is 1.44 bits per heavy atom. The van der Waals surface area contributed by atoms with Gasteiger partial charge in [-0.3, -0.25) is 9.59 Å². The third-order valence-corrected chi connectivity index (χ3v) is 2.72. The molecule has 0 fully saturated rings. The molecule has 0 saturated carbocycles. The van der Waals surface area contributed by atoms with Gasteiger partial charge in [0.25, 0.3) is 5.24 Å². The van der Waals surface area contributed by atoms with Gasteiger partial charge >= 0.3 is 0 Å². The number of carbonyl (C=O) groups is 2. The molecular weight excluding hydrogens is 224 g/mol. The minimum Gasteiger partial charge on any atom is -0.294 e. The van der Waals surface area contributed by atoms with E-state index in [1.807, 2.05) is 18.2 Å². The predicted octanol–water partition coefficient (Wildman–Crippen LogP) is 3.42. The van der Waals surface area contributed by atoms with E-state index in [4.69, 9.17) is 11.6 Å². The molecule has 2 rings (SSSR count). The lowest BCUT2D eigenvalue weighted by atomic mass is 9.98. The summed E-state index contributed by atoms with van der Waals surface area (Å²) in [4.78, 5) is 22.6. The Morgan fingerprint density at radius 3 is 1.94 bits per heavy atom. The highest BCUT2D eigenvalue weighted by molar-refractivity contribution is 6.68. The van der Waals surface area contributed by atoms with E-state index in [9.17, 15) is 9.59 Å². The lowest BCUT2D eigenvalue weighted by Gasteiger charge is -2.06. The van der Waals surface area contributed by atoms with Gasteiger partial charge in [0.2, 0.25) is 0 Å². The van der Waals surface area contributed by atoms with Crippen molar-refractivity contribution in [2.75, 3.05) is 0 Å². The maximum absolute atomic E-state index is 11.4. The van der Waals surface area contributed by atoms with Crippen LogP contribution in [0.1, 0.15) is 27.6 Å². The molecule has 0 aliphatic heterocycles. The number of carbonyl (C=O) groups excluding carboxylic acids is 2. The van der Waals surface area contributed by atoms with Crippen molar-refractivity contribution in [2.24, 2.45) is 0 Å². The van der Waals surface area contributed by atoms with Crippen LogP contribution in [0.3, 0.4) is 0 Å². The molecule has 2 aromatic rings. The zero-order chi connectivity index (χ0) is 11.7. The molecule has 80 valence electrons. The number of hydrogen-bond acceptors (Lipinski definition) is 2. The molecule has 2 nitrogen and oxygen atoms in total. The van der Waals surface area contributed by atoms with E-state index in [2.05, 4.69) is 0 Å². The van der Waals surface area contributed by atoms with Gasteiger partial charge in [-0.05, 0) is 35.4 Å². The van der Waals surface area contributed by atoms with Gasteiger partial charge < -0.3 is 0 Å². The summed E-state index contributed by atoms with van der Waals surface area (Å²) in [6.45, 7) is 1.50. The minimum atomic E-state index is -0.508. The maximum atomic E-state index is 11.4. The van der Waals surface area contributed by atoms with Crippen LogP contribution in [0.15, 0.2) is 36.4 Å². The average Bonchev–Trinajstić information content (AvgIpc) is 2.27. The van der Waals surface area contributed by atoms with Crippen LogP contribution in [0.25, 0.3) is 10.8 Å². The van der Waals surface area contributed by atoms with Crippen molar-refractivity contribution in [3.05, 3.63) is 47.5 Å². The summed E-state index contributed by atoms with van der Waals surface area (Å²) in [5, 5.41) is 0.975. The topological polar surface area (TPSA) is 34.1 Å². The molecular formula is C13H9ClO2. The van der Waals surface area contributed by atoms with E-state index in [0.29, 0.717) is 11.1 Å². The highest BCUT2D eigenvalue weighted by atomic mass is 35.5. The van der Waals surface area contributed by atoms with Crippen LogP contribution in [0, 0.1) is 0 Å². The molecule has 0 spiro atoms. The Bertz CT molecular complexity index is 535. The molecule has 0 amide bonds. The largest absolute Gasteiger partial charge is 0.294 e. The van der Waals surface area contributed by atoms with E-state index in [0.717, 1.165) is 10.8 Å². The van der Waals surface area contributed by atoms with Gasteiger partial charge in [-0.25, -0.2) is 0 Å². The molecule has 3 heteroatoms. The Balaban J connectivity index is 2.87. The summed E-state index contributed by atoms with van der Waals surface area (Å²) < 4.78 is 0. The van der Waals surface area contributed by atoms with Crippen LogP contribution >= 0.6 is 11.6 Å². The first kappa shape index (κ1) is 10.8. The van der Waals surface area contributed by atoms with E-state index in [-0.39, 0.29) is 5.78 Å². The molecule has 16 heavy (non-hydrogen) atoms. The summed E-state index contributed by atoms with van der Waals surface area (Å²) >= 11 is 5.49. The Morgan fingerprint density at radius 1 is 0.938 bits per heavy atom. The number of benzene rings is 2. The molecule has 0 aromatic heterocycles. The standard InChI is InChI=1S/C13H9ClO2/c1-8(15)9-6-7-12(13(14)16)11-5-3-2-4-10(9)11/h2-7H,1H3. The van der Waals surface area contributed by atoms with Crippen molar-refractivity contribution in [3.63, 3.8) is 0 Å². The monoisotopic (exact) mass is 232 g/mol. The zero-order valence-electron chi connectivity index (χ0n) is 8.66. The zero-order valence-corrected chi connectivity index (χ0v) is 9.41. The van der Waals surface area contributed by atoms with Crippen molar-refractivity contribution in [2.45, 2.75) is 6.92 Å². The summed E-state index contributed by atoms with van der Waals surface area (Å²) in [7, 11) is 0. The van der Waals surface area contributed by atoms with Crippen molar-refractivity contribution >= 4 is 33.4 Å². The quantitative estimate of drug-likeness (QED) is 0.587. The first-order valence-corrected chi connectivity index (χ1v) is 5.21. The second kappa shape index (κ2) is 4.06. The number of Topliss-reactive ketones (excluding diaryl/α,β-unsaturated/α-hetero) is 1. The highest BCUT2D eigenvalue weighted by Crippen LogP contribution is 2.24. The fourth-order valence-corrected chi connectivity index (χ4v) is 1.94. The maximum Gasteiger partial charge on any atom is 0.253 e. The van der Waals surface area contributed by atoms with E-state index in [1.165, 1.54) is 6.92 Å². The second-order valence-electron chi connectivity index (χ2n) is 3.54. The average molecular weight is 233 g/mol. The number of rotatable bonds is 2. The van der Waals surface area contributed by atoms with Gasteiger partial charge in [-0.15, -0.1) is 0 Å². The van der Waals surface area contributed by atoms with Gasteiger partial charge in [0, 0.05) is 11.1 Å². The molecule has 0 radical (unpaired) electrons. The summed E-state index contributed by atoms with van der Waals surface area (Å²) in [6, 6.07) is 10.5. The van der Waals surface area contributed by atoms with Crippen LogP contribution in [0.2, 0.25) is 0 Å². The van der Waals surface area contributed by atoms with E-state index in [1.54, 1.807) is 18.2 Å². The molecule has 0 atom stereocenters. The molecule has 0 saturated heterocycles. The minimum absolute atomic E-state index is 0.0234. The lowest BCUT2D eigenvalue weighted by molar-refractivity contribution is 0.101. The summed E-state index contributed by atoms with van der Waals surface area (Å²) in [6.07, 6.45) is 0. The van der Waals surface area contributed by atoms with Crippen LogP contribution in [0.4, 0.5) is 0 Å². The fraction of sp³-hybridized carbons (Fsp3) is 0.0769. The Labute approximate surface area is 97.8 Å². The molecule has 0 aliphatic carbocycles. The van der Waals surface area contributed by atoms with Crippen LogP contribution in [-0.2, 0) is 0 Å². The lowest BCUT2D eigenvalue weighted by Crippen LogP contribution is -1.98. The summed E-state index contributed by atoms with van der Waals surface area (Å²) in [5.74, 6) is -0.0234. The van der Waals surface area contributed by atoms with Crippen LogP contribution in [-0.4, -0.2) is 11.0 Å². The van der Waals surface area contributed by atoms with Gasteiger partial charge in [-0.1, -0.05) is 30.3 Å². The number of hydrogen-bond donors (Lipinski definition) is 0. The highest BCUT2D eigenvalue weighted by Gasteiger charge is 2.11. The molecule has 0 unspecified atom stereocenters. The van der Waals surface area contributed by atoms with Gasteiger partial charge in [-0.2, -0.15) is 0 Å². The predicted molar refractivity (Wildman–Crippen MR) is 64.1 cm³/mol. The fourth-order valence-electron chi connectivity index (χ4n) is 1.78. The normalized spacial score (nSPS) is 10.4. The molecule has 0 aliphatic rings. The van der Waals surface area contributed by atoms with Gasteiger partial charge in [0.05, 0.1) is 0 Å².